The van der Waals surface area contributed by atoms with Crippen LogP contribution in [0.5, 0.6) is 0 Å². The maximum Gasteiger partial charge on any atom is 0.277 e. The maximum absolute atomic E-state index is 12.2. The number of amides is 1. The second-order valence-electron chi connectivity index (χ2n) is 5.99. The zero-order chi connectivity index (χ0) is 17.9. The van der Waals surface area contributed by atoms with Crippen molar-refractivity contribution in [1.29, 1.82) is 0 Å². The molecule has 0 aliphatic carbocycles. The molecule has 2 aromatic heterocycles. The van der Waals surface area contributed by atoms with Crippen molar-refractivity contribution in [3.8, 4) is 0 Å². The summed E-state index contributed by atoms with van der Waals surface area (Å²) in [6.45, 7) is 2.52. The predicted molar refractivity (Wildman–Crippen MR) is 101 cm³/mol. The SMILES string of the molecule is O=C(Nc1nc2c(s1)CN(Cc1ccccc1Cl)CC2)c1cnccn1. The maximum atomic E-state index is 12.2. The minimum Gasteiger partial charge on any atom is -0.296 e. The molecule has 1 aliphatic rings. The fraction of sp³-hybridized carbons (Fsp3) is 0.222. The van der Waals surface area contributed by atoms with Crippen LogP contribution in [-0.2, 0) is 19.5 Å². The van der Waals surface area contributed by atoms with E-state index < -0.39 is 0 Å². The van der Waals surface area contributed by atoms with Gasteiger partial charge in [0.2, 0.25) is 0 Å². The Bertz CT molecular complexity index is 930. The zero-order valence-corrected chi connectivity index (χ0v) is 15.4. The van der Waals surface area contributed by atoms with E-state index in [2.05, 4.69) is 31.2 Å². The van der Waals surface area contributed by atoms with Gasteiger partial charge in [-0.25, -0.2) is 9.97 Å². The lowest BCUT2D eigenvalue weighted by Gasteiger charge is -2.26. The predicted octanol–water partition coefficient (Wildman–Crippen LogP) is 3.40. The first-order chi connectivity index (χ1) is 12.7. The van der Waals surface area contributed by atoms with Crippen molar-refractivity contribution < 1.29 is 4.79 Å². The molecule has 0 radical (unpaired) electrons. The quantitative estimate of drug-likeness (QED) is 0.745. The summed E-state index contributed by atoms with van der Waals surface area (Å²) in [5.41, 5.74) is 2.46. The molecule has 3 heterocycles. The number of halogens is 1. The summed E-state index contributed by atoms with van der Waals surface area (Å²) in [5.74, 6) is -0.294. The molecule has 0 unspecified atom stereocenters. The Morgan fingerprint density at radius 3 is 3.00 bits per heavy atom. The van der Waals surface area contributed by atoms with Crippen LogP contribution in [0.25, 0.3) is 0 Å². The van der Waals surface area contributed by atoms with Crippen LogP contribution in [0.15, 0.2) is 42.9 Å². The lowest BCUT2D eigenvalue weighted by molar-refractivity contribution is 0.102. The van der Waals surface area contributed by atoms with Crippen molar-refractivity contribution in [3.05, 3.63) is 69.7 Å². The van der Waals surface area contributed by atoms with Gasteiger partial charge in [0.25, 0.3) is 5.91 Å². The molecule has 0 fully saturated rings. The summed E-state index contributed by atoms with van der Waals surface area (Å²) in [5, 5.41) is 4.21. The van der Waals surface area contributed by atoms with E-state index in [4.69, 9.17) is 11.6 Å². The van der Waals surface area contributed by atoms with E-state index in [1.165, 1.54) is 34.8 Å². The van der Waals surface area contributed by atoms with Crippen molar-refractivity contribution >= 4 is 34.0 Å². The summed E-state index contributed by atoms with van der Waals surface area (Å²) in [7, 11) is 0. The summed E-state index contributed by atoms with van der Waals surface area (Å²) >= 11 is 7.78. The topological polar surface area (TPSA) is 71.0 Å². The smallest absolute Gasteiger partial charge is 0.277 e. The molecular formula is C18H16ClN5OS. The summed E-state index contributed by atoms with van der Waals surface area (Å²) in [6, 6.07) is 7.91. The molecule has 1 aliphatic heterocycles. The average molecular weight is 386 g/mol. The summed E-state index contributed by atoms with van der Waals surface area (Å²) in [6.07, 6.45) is 5.33. The molecule has 1 N–H and O–H groups in total. The fourth-order valence-electron chi connectivity index (χ4n) is 2.88. The van der Waals surface area contributed by atoms with Gasteiger partial charge < -0.3 is 0 Å². The first kappa shape index (κ1) is 17.1. The molecule has 6 nitrogen and oxygen atoms in total. The highest BCUT2D eigenvalue weighted by Gasteiger charge is 2.22. The highest BCUT2D eigenvalue weighted by molar-refractivity contribution is 7.15. The Hall–Kier alpha value is -2.35. The van der Waals surface area contributed by atoms with E-state index in [0.29, 0.717) is 5.13 Å². The normalized spacial score (nSPS) is 14.0. The standard InChI is InChI=1S/C18H16ClN5OS/c19-13-4-2-1-3-12(13)10-24-8-5-14-16(11-24)26-18(22-14)23-17(25)15-9-20-6-7-21-15/h1-4,6-7,9H,5,8,10-11H2,(H,22,23,25). The number of nitrogens with zero attached hydrogens (tertiary/aromatic N) is 4. The fourth-order valence-corrected chi connectivity index (χ4v) is 4.12. The molecule has 0 atom stereocenters. The van der Waals surface area contributed by atoms with E-state index in [9.17, 15) is 4.79 Å². The van der Waals surface area contributed by atoms with Gasteiger partial charge in [-0.2, -0.15) is 0 Å². The second kappa shape index (κ2) is 7.49. The Balaban J connectivity index is 1.44. The van der Waals surface area contributed by atoms with E-state index in [0.717, 1.165) is 42.3 Å². The first-order valence-corrected chi connectivity index (χ1v) is 9.40. The van der Waals surface area contributed by atoms with E-state index >= 15 is 0 Å². The third-order valence-electron chi connectivity index (χ3n) is 4.18. The molecule has 0 spiro atoms. The Morgan fingerprint density at radius 2 is 2.19 bits per heavy atom. The van der Waals surface area contributed by atoms with Crippen molar-refractivity contribution in [1.82, 2.24) is 19.9 Å². The lowest BCUT2D eigenvalue weighted by Crippen LogP contribution is -2.29. The van der Waals surface area contributed by atoms with Crippen molar-refractivity contribution in [3.63, 3.8) is 0 Å². The van der Waals surface area contributed by atoms with Gasteiger partial charge in [0.15, 0.2) is 5.13 Å². The van der Waals surface area contributed by atoms with Gasteiger partial charge in [0.1, 0.15) is 5.69 Å². The number of carbonyl (C=O) groups excluding carboxylic acids is 1. The summed E-state index contributed by atoms with van der Waals surface area (Å²) in [4.78, 5) is 28.2. The number of nitrogens with one attached hydrogen (secondary N) is 1. The van der Waals surface area contributed by atoms with Crippen molar-refractivity contribution in [2.45, 2.75) is 19.5 Å². The van der Waals surface area contributed by atoms with Crippen LogP contribution in [0, 0.1) is 0 Å². The number of aromatic nitrogens is 3. The molecule has 0 saturated carbocycles. The van der Waals surface area contributed by atoms with Crippen LogP contribution in [0.2, 0.25) is 5.02 Å². The van der Waals surface area contributed by atoms with Gasteiger partial charge in [-0.15, -0.1) is 11.3 Å². The van der Waals surface area contributed by atoms with E-state index in [1.807, 2.05) is 18.2 Å². The third-order valence-corrected chi connectivity index (χ3v) is 5.54. The van der Waals surface area contributed by atoms with E-state index in [1.54, 1.807) is 0 Å². The first-order valence-electron chi connectivity index (χ1n) is 8.21. The van der Waals surface area contributed by atoms with Crippen LogP contribution in [-0.4, -0.2) is 32.3 Å². The Labute approximate surface area is 159 Å². The van der Waals surface area contributed by atoms with Gasteiger partial charge in [-0.05, 0) is 11.6 Å². The number of fused-ring (bicyclic) bond motifs is 1. The van der Waals surface area contributed by atoms with Gasteiger partial charge in [-0.3, -0.25) is 20.0 Å². The monoisotopic (exact) mass is 385 g/mol. The van der Waals surface area contributed by atoms with Crippen molar-refractivity contribution in [2.24, 2.45) is 0 Å². The molecule has 1 amide bonds. The van der Waals surface area contributed by atoms with Crippen LogP contribution in [0.1, 0.15) is 26.6 Å². The minimum absolute atomic E-state index is 0.279. The molecular weight excluding hydrogens is 370 g/mol. The molecule has 26 heavy (non-hydrogen) atoms. The average Bonchev–Trinajstić information content (AvgIpc) is 3.06. The Morgan fingerprint density at radius 1 is 1.31 bits per heavy atom. The van der Waals surface area contributed by atoms with Gasteiger partial charge in [0.05, 0.1) is 11.9 Å². The van der Waals surface area contributed by atoms with E-state index in [-0.39, 0.29) is 11.6 Å². The molecule has 8 heteroatoms. The molecule has 0 bridgehead atoms. The number of hydrogen-bond donors (Lipinski definition) is 1. The molecule has 132 valence electrons. The van der Waals surface area contributed by atoms with Crippen LogP contribution < -0.4 is 5.32 Å². The number of rotatable bonds is 4. The highest BCUT2D eigenvalue weighted by atomic mass is 35.5. The molecule has 3 aromatic rings. The van der Waals surface area contributed by atoms with Crippen molar-refractivity contribution in [2.75, 3.05) is 11.9 Å². The third kappa shape index (κ3) is 3.75. The zero-order valence-electron chi connectivity index (χ0n) is 13.9. The number of anilines is 1. The molecule has 4 rings (SSSR count). The van der Waals surface area contributed by atoms with Crippen LogP contribution in [0.3, 0.4) is 0 Å². The number of carbonyl (C=O) groups is 1. The molecule has 1 aromatic carbocycles. The second-order valence-corrected chi connectivity index (χ2v) is 7.48. The highest BCUT2D eigenvalue weighted by Crippen LogP contribution is 2.30. The van der Waals surface area contributed by atoms with Gasteiger partial charge in [0, 0.05) is 48.3 Å². The largest absolute Gasteiger partial charge is 0.296 e. The minimum atomic E-state index is -0.294. The summed E-state index contributed by atoms with van der Waals surface area (Å²) < 4.78 is 0. The number of hydrogen-bond acceptors (Lipinski definition) is 6. The van der Waals surface area contributed by atoms with Gasteiger partial charge in [-0.1, -0.05) is 29.8 Å². The lowest BCUT2D eigenvalue weighted by atomic mass is 10.1. The van der Waals surface area contributed by atoms with Gasteiger partial charge >= 0.3 is 0 Å². The van der Waals surface area contributed by atoms with Crippen LogP contribution in [0.4, 0.5) is 5.13 Å². The Kier molecular flexibility index (Phi) is 4.92. The van der Waals surface area contributed by atoms with Crippen LogP contribution >= 0.6 is 22.9 Å². The number of benzene rings is 1. The molecule has 0 saturated heterocycles. The number of thiazole rings is 1.